The molecule has 94 valence electrons. The molecule has 1 aromatic carbocycles. The van der Waals surface area contributed by atoms with Crippen molar-refractivity contribution in [2.45, 2.75) is 38.0 Å². The molecule has 2 heteroatoms. The van der Waals surface area contributed by atoms with Crippen LogP contribution in [0.1, 0.15) is 38.2 Å². The van der Waals surface area contributed by atoms with Crippen molar-refractivity contribution < 1.29 is 0 Å². The normalized spacial score (nSPS) is 27.8. The Morgan fingerprint density at radius 2 is 2.06 bits per heavy atom. The Morgan fingerprint density at radius 3 is 2.65 bits per heavy atom. The first kappa shape index (κ1) is 12.9. The molecule has 0 amide bonds. The third-order valence-electron chi connectivity index (χ3n) is 4.02. The van der Waals surface area contributed by atoms with Gasteiger partial charge in [-0.05, 0) is 37.4 Å². The SMILES string of the molecule is CCCC1CC(CNC)(c2ccccc2Cl)C1. The number of hydrogen-bond acceptors (Lipinski definition) is 1. The minimum absolute atomic E-state index is 0.285. The Kier molecular flexibility index (Phi) is 4.11. The summed E-state index contributed by atoms with van der Waals surface area (Å²) in [7, 11) is 2.03. The van der Waals surface area contributed by atoms with Gasteiger partial charge in [-0.1, -0.05) is 49.6 Å². The fourth-order valence-electron chi connectivity index (χ4n) is 3.35. The molecule has 2 rings (SSSR count). The van der Waals surface area contributed by atoms with Crippen LogP contribution in [0.25, 0.3) is 0 Å². The Labute approximate surface area is 110 Å². The largest absolute Gasteiger partial charge is 0.319 e. The molecule has 1 aliphatic carbocycles. The van der Waals surface area contributed by atoms with Gasteiger partial charge in [0, 0.05) is 17.0 Å². The fraction of sp³-hybridized carbons (Fsp3) is 0.600. The Balaban J connectivity index is 2.17. The maximum absolute atomic E-state index is 6.35. The summed E-state index contributed by atoms with van der Waals surface area (Å²) in [6, 6.07) is 8.33. The lowest BCUT2D eigenvalue weighted by atomic mass is 9.57. The van der Waals surface area contributed by atoms with Gasteiger partial charge in [0.1, 0.15) is 0 Å². The maximum Gasteiger partial charge on any atom is 0.0444 e. The topological polar surface area (TPSA) is 12.0 Å². The van der Waals surface area contributed by atoms with E-state index in [1.165, 1.54) is 31.2 Å². The first-order valence-corrected chi connectivity index (χ1v) is 6.99. The number of hydrogen-bond donors (Lipinski definition) is 1. The Morgan fingerprint density at radius 1 is 1.35 bits per heavy atom. The van der Waals surface area contributed by atoms with Crippen molar-refractivity contribution in [3.63, 3.8) is 0 Å². The molecule has 0 atom stereocenters. The van der Waals surface area contributed by atoms with Crippen LogP contribution >= 0.6 is 11.6 Å². The molecule has 0 saturated heterocycles. The van der Waals surface area contributed by atoms with Crippen LogP contribution in [0.2, 0.25) is 5.02 Å². The summed E-state index contributed by atoms with van der Waals surface area (Å²) >= 11 is 6.35. The molecule has 1 fully saturated rings. The van der Waals surface area contributed by atoms with Crippen molar-refractivity contribution in [2.24, 2.45) is 5.92 Å². The molecule has 1 aromatic rings. The summed E-state index contributed by atoms with van der Waals surface area (Å²) in [5.41, 5.74) is 1.62. The highest BCUT2D eigenvalue weighted by atomic mass is 35.5. The Hall–Kier alpha value is -0.530. The van der Waals surface area contributed by atoms with E-state index in [0.29, 0.717) is 0 Å². The van der Waals surface area contributed by atoms with E-state index < -0.39 is 0 Å². The highest BCUT2D eigenvalue weighted by Crippen LogP contribution is 2.50. The standard InChI is InChI=1S/C15H22ClN/c1-3-6-12-9-15(10-12,11-17-2)13-7-4-5-8-14(13)16/h4-5,7-8,12,17H,3,6,9-11H2,1-2H3. The molecule has 0 heterocycles. The van der Waals surface area contributed by atoms with E-state index in [0.717, 1.165) is 17.5 Å². The minimum Gasteiger partial charge on any atom is -0.319 e. The van der Waals surface area contributed by atoms with Crippen molar-refractivity contribution in [1.82, 2.24) is 5.32 Å². The van der Waals surface area contributed by atoms with Crippen molar-refractivity contribution in [1.29, 1.82) is 0 Å². The predicted octanol–water partition coefficient (Wildman–Crippen LogP) is 4.01. The van der Waals surface area contributed by atoms with E-state index in [9.17, 15) is 0 Å². The summed E-state index contributed by atoms with van der Waals surface area (Å²) in [6.07, 6.45) is 5.22. The van der Waals surface area contributed by atoms with Gasteiger partial charge in [0.05, 0.1) is 0 Å². The lowest BCUT2D eigenvalue weighted by molar-refractivity contribution is 0.131. The van der Waals surface area contributed by atoms with Crippen LogP contribution in [-0.4, -0.2) is 13.6 Å². The second-order valence-electron chi connectivity index (χ2n) is 5.35. The first-order valence-electron chi connectivity index (χ1n) is 6.61. The first-order chi connectivity index (χ1) is 8.22. The van der Waals surface area contributed by atoms with Crippen LogP contribution < -0.4 is 5.32 Å². The molecule has 0 radical (unpaired) electrons. The average Bonchev–Trinajstić information content (AvgIpc) is 2.27. The highest BCUT2D eigenvalue weighted by Gasteiger charge is 2.45. The van der Waals surface area contributed by atoms with Gasteiger partial charge >= 0.3 is 0 Å². The molecule has 0 spiro atoms. The van der Waals surface area contributed by atoms with E-state index in [4.69, 9.17) is 11.6 Å². The van der Waals surface area contributed by atoms with Crippen molar-refractivity contribution in [3.05, 3.63) is 34.9 Å². The minimum atomic E-state index is 0.285. The quantitative estimate of drug-likeness (QED) is 0.834. The van der Waals surface area contributed by atoms with Crippen LogP contribution in [0.3, 0.4) is 0 Å². The van der Waals surface area contributed by atoms with Gasteiger partial charge in [-0.25, -0.2) is 0 Å². The van der Waals surface area contributed by atoms with Crippen molar-refractivity contribution >= 4 is 11.6 Å². The maximum atomic E-state index is 6.35. The molecule has 1 aliphatic rings. The van der Waals surface area contributed by atoms with Crippen LogP contribution in [0.5, 0.6) is 0 Å². The van der Waals surface area contributed by atoms with Crippen LogP contribution in [-0.2, 0) is 5.41 Å². The van der Waals surface area contributed by atoms with Gasteiger partial charge in [-0.2, -0.15) is 0 Å². The lowest BCUT2D eigenvalue weighted by Gasteiger charge is -2.49. The zero-order valence-corrected chi connectivity index (χ0v) is 11.6. The number of nitrogens with one attached hydrogen (secondary N) is 1. The number of likely N-dealkylation sites (N-methyl/N-ethyl adjacent to an activating group) is 1. The smallest absolute Gasteiger partial charge is 0.0444 e. The van der Waals surface area contributed by atoms with Gasteiger partial charge in [-0.15, -0.1) is 0 Å². The van der Waals surface area contributed by atoms with Gasteiger partial charge < -0.3 is 5.32 Å². The molecule has 1 nitrogen and oxygen atoms in total. The molecular weight excluding hydrogens is 230 g/mol. The molecule has 0 bridgehead atoms. The van der Waals surface area contributed by atoms with Crippen LogP contribution in [0.4, 0.5) is 0 Å². The fourth-order valence-corrected chi connectivity index (χ4v) is 3.68. The molecule has 0 aromatic heterocycles. The molecular formula is C15H22ClN. The zero-order chi connectivity index (χ0) is 12.3. The van der Waals surface area contributed by atoms with Gasteiger partial charge in [0.15, 0.2) is 0 Å². The third kappa shape index (κ3) is 2.51. The van der Waals surface area contributed by atoms with Crippen LogP contribution in [0.15, 0.2) is 24.3 Å². The van der Waals surface area contributed by atoms with Crippen molar-refractivity contribution in [3.8, 4) is 0 Å². The number of halogens is 1. The van der Waals surface area contributed by atoms with E-state index >= 15 is 0 Å². The average molecular weight is 252 g/mol. The lowest BCUT2D eigenvalue weighted by Crippen LogP contribution is -2.48. The second kappa shape index (κ2) is 5.41. The second-order valence-corrected chi connectivity index (χ2v) is 5.76. The summed E-state index contributed by atoms with van der Waals surface area (Å²) < 4.78 is 0. The number of benzene rings is 1. The molecule has 1 saturated carbocycles. The Bertz CT molecular complexity index is 369. The molecule has 1 N–H and O–H groups in total. The summed E-state index contributed by atoms with van der Waals surface area (Å²) in [6.45, 7) is 3.31. The van der Waals surface area contributed by atoms with E-state index in [1.54, 1.807) is 0 Å². The molecule has 17 heavy (non-hydrogen) atoms. The van der Waals surface area contributed by atoms with Gasteiger partial charge in [-0.3, -0.25) is 0 Å². The summed E-state index contributed by atoms with van der Waals surface area (Å²) in [4.78, 5) is 0. The van der Waals surface area contributed by atoms with Gasteiger partial charge in [0.25, 0.3) is 0 Å². The highest BCUT2D eigenvalue weighted by molar-refractivity contribution is 6.31. The third-order valence-corrected chi connectivity index (χ3v) is 4.35. The zero-order valence-electron chi connectivity index (χ0n) is 10.8. The van der Waals surface area contributed by atoms with Gasteiger partial charge in [0.2, 0.25) is 0 Å². The number of rotatable bonds is 5. The van der Waals surface area contributed by atoms with E-state index in [-0.39, 0.29) is 5.41 Å². The summed E-state index contributed by atoms with van der Waals surface area (Å²) in [5.74, 6) is 0.893. The van der Waals surface area contributed by atoms with Crippen LogP contribution in [0, 0.1) is 5.92 Å². The molecule has 0 unspecified atom stereocenters. The van der Waals surface area contributed by atoms with E-state index in [2.05, 4.69) is 24.4 Å². The molecule has 0 aliphatic heterocycles. The monoisotopic (exact) mass is 251 g/mol. The van der Waals surface area contributed by atoms with E-state index in [1.807, 2.05) is 19.2 Å². The van der Waals surface area contributed by atoms with Crippen molar-refractivity contribution in [2.75, 3.05) is 13.6 Å². The predicted molar refractivity (Wildman–Crippen MR) is 74.7 cm³/mol. The summed E-state index contributed by atoms with van der Waals surface area (Å²) in [5, 5.41) is 4.27.